The van der Waals surface area contributed by atoms with E-state index in [4.69, 9.17) is 0 Å². The molecule has 2 aromatic rings. The molecular formula is C20H23Br2NO2. The van der Waals surface area contributed by atoms with Crippen LogP contribution in [0.15, 0.2) is 45.3 Å². The van der Waals surface area contributed by atoms with E-state index in [9.17, 15) is 9.90 Å². The molecule has 0 saturated heterocycles. The second kappa shape index (κ2) is 9.97. The van der Waals surface area contributed by atoms with E-state index < -0.39 is 0 Å². The molecular weight excluding hydrogens is 446 g/mol. The molecule has 0 bridgehead atoms. The summed E-state index contributed by atoms with van der Waals surface area (Å²) in [6.07, 6.45) is 7.41. The molecule has 0 unspecified atom stereocenters. The Morgan fingerprint density at radius 2 is 1.72 bits per heavy atom. The van der Waals surface area contributed by atoms with Crippen LogP contribution in [0, 0.1) is 0 Å². The molecule has 0 spiro atoms. The van der Waals surface area contributed by atoms with Crippen LogP contribution in [0.5, 0.6) is 5.75 Å². The van der Waals surface area contributed by atoms with Crippen LogP contribution in [0.1, 0.15) is 54.9 Å². The first-order valence-corrected chi connectivity index (χ1v) is 10.2. The van der Waals surface area contributed by atoms with Gasteiger partial charge in [-0.15, -0.1) is 0 Å². The second-order valence-corrected chi connectivity index (χ2v) is 7.87. The molecule has 1 amide bonds. The van der Waals surface area contributed by atoms with Crippen LogP contribution in [-0.2, 0) is 6.42 Å². The fourth-order valence-corrected chi connectivity index (χ4v) is 3.85. The zero-order chi connectivity index (χ0) is 18.2. The predicted octanol–water partition coefficient (Wildman–Crippen LogP) is 6.68. The van der Waals surface area contributed by atoms with Crippen LogP contribution in [0.2, 0.25) is 0 Å². The molecule has 0 aliphatic carbocycles. The van der Waals surface area contributed by atoms with Gasteiger partial charge in [0.25, 0.3) is 5.91 Å². The van der Waals surface area contributed by atoms with Gasteiger partial charge in [0.15, 0.2) is 0 Å². The Hall–Kier alpha value is -1.33. The minimum absolute atomic E-state index is 0.0654. The van der Waals surface area contributed by atoms with Gasteiger partial charge in [0.2, 0.25) is 0 Å². The van der Waals surface area contributed by atoms with Crippen molar-refractivity contribution in [2.45, 2.75) is 45.4 Å². The molecule has 5 heteroatoms. The van der Waals surface area contributed by atoms with Crippen molar-refractivity contribution in [3.05, 3.63) is 56.5 Å². The van der Waals surface area contributed by atoms with E-state index in [-0.39, 0.29) is 17.2 Å². The highest BCUT2D eigenvalue weighted by atomic mass is 79.9. The Labute approximate surface area is 166 Å². The van der Waals surface area contributed by atoms with Crippen LogP contribution >= 0.6 is 31.9 Å². The Morgan fingerprint density at radius 3 is 2.40 bits per heavy atom. The van der Waals surface area contributed by atoms with E-state index in [0.717, 1.165) is 16.6 Å². The number of benzene rings is 2. The first-order valence-electron chi connectivity index (χ1n) is 8.59. The Kier molecular flexibility index (Phi) is 7.97. The zero-order valence-electron chi connectivity index (χ0n) is 14.3. The van der Waals surface area contributed by atoms with Gasteiger partial charge in [0.05, 0.1) is 10.0 Å². The Bertz CT molecular complexity index is 714. The molecule has 0 aliphatic heterocycles. The minimum Gasteiger partial charge on any atom is -0.506 e. The third-order valence-electron chi connectivity index (χ3n) is 4.05. The SMILES string of the molecule is CCCCCCCc1ccc(NC(=O)c2cc(Br)cc(Br)c2O)cc1. The number of halogens is 2. The molecule has 0 fully saturated rings. The summed E-state index contributed by atoms with van der Waals surface area (Å²) in [5, 5.41) is 12.9. The monoisotopic (exact) mass is 467 g/mol. The number of carbonyl (C=O) groups is 1. The number of rotatable bonds is 8. The molecule has 0 radical (unpaired) electrons. The molecule has 0 saturated carbocycles. The number of aromatic hydroxyl groups is 1. The van der Waals surface area contributed by atoms with E-state index in [2.05, 4.69) is 44.1 Å². The van der Waals surface area contributed by atoms with Crippen LogP contribution in [0.4, 0.5) is 5.69 Å². The quantitative estimate of drug-likeness (QED) is 0.424. The summed E-state index contributed by atoms with van der Waals surface area (Å²) in [6.45, 7) is 2.22. The number of nitrogens with one attached hydrogen (secondary N) is 1. The molecule has 0 aromatic heterocycles. The van der Waals surface area contributed by atoms with Crippen molar-refractivity contribution in [1.29, 1.82) is 0 Å². The normalized spacial score (nSPS) is 10.7. The molecule has 3 nitrogen and oxygen atoms in total. The van der Waals surface area contributed by atoms with Crippen molar-refractivity contribution in [1.82, 2.24) is 0 Å². The summed E-state index contributed by atoms with van der Waals surface area (Å²) < 4.78 is 1.20. The minimum atomic E-state index is -0.341. The molecule has 2 rings (SSSR count). The fraction of sp³-hybridized carbons (Fsp3) is 0.350. The summed E-state index contributed by atoms with van der Waals surface area (Å²) in [4.78, 5) is 12.4. The van der Waals surface area contributed by atoms with Crippen molar-refractivity contribution < 1.29 is 9.90 Å². The molecule has 0 atom stereocenters. The number of aryl methyl sites for hydroxylation is 1. The summed E-state index contributed by atoms with van der Waals surface area (Å²) in [7, 11) is 0. The Morgan fingerprint density at radius 1 is 1.04 bits per heavy atom. The van der Waals surface area contributed by atoms with Gasteiger partial charge in [-0.2, -0.15) is 0 Å². The van der Waals surface area contributed by atoms with Crippen molar-refractivity contribution in [2.24, 2.45) is 0 Å². The number of anilines is 1. The standard InChI is InChI=1S/C20H23Br2NO2/c1-2-3-4-5-6-7-14-8-10-16(11-9-14)23-20(25)17-12-15(21)13-18(22)19(17)24/h8-13,24H,2-7H2,1H3,(H,23,25). The zero-order valence-corrected chi connectivity index (χ0v) is 17.5. The number of unbranched alkanes of at least 4 members (excludes halogenated alkanes) is 4. The lowest BCUT2D eigenvalue weighted by molar-refractivity contribution is 0.102. The van der Waals surface area contributed by atoms with Gasteiger partial charge in [0.1, 0.15) is 5.75 Å². The lowest BCUT2D eigenvalue weighted by atomic mass is 10.1. The molecule has 134 valence electrons. The number of phenolic OH excluding ortho intramolecular Hbond substituents is 1. The maximum Gasteiger partial charge on any atom is 0.259 e. The average Bonchev–Trinajstić information content (AvgIpc) is 2.59. The van der Waals surface area contributed by atoms with E-state index in [1.54, 1.807) is 12.1 Å². The summed E-state index contributed by atoms with van der Waals surface area (Å²) >= 11 is 6.57. The molecule has 0 aliphatic rings. The molecule has 25 heavy (non-hydrogen) atoms. The maximum absolute atomic E-state index is 12.4. The number of phenols is 1. The largest absolute Gasteiger partial charge is 0.506 e. The lowest BCUT2D eigenvalue weighted by Gasteiger charge is -2.09. The second-order valence-electron chi connectivity index (χ2n) is 6.10. The van der Waals surface area contributed by atoms with E-state index in [1.807, 2.05) is 24.3 Å². The van der Waals surface area contributed by atoms with E-state index in [0.29, 0.717) is 4.47 Å². The van der Waals surface area contributed by atoms with Crippen LogP contribution < -0.4 is 5.32 Å². The van der Waals surface area contributed by atoms with Gasteiger partial charge >= 0.3 is 0 Å². The van der Waals surface area contributed by atoms with Gasteiger partial charge in [-0.3, -0.25) is 4.79 Å². The highest BCUT2D eigenvalue weighted by Gasteiger charge is 2.15. The van der Waals surface area contributed by atoms with Crippen molar-refractivity contribution in [2.75, 3.05) is 5.32 Å². The van der Waals surface area contributed by atoms with Gasteiger partial charge in [-0.1, -0.05) is 60.7 Å². The van der Waals surface area contributed by atoms with Crippen molar-refractivity contribution in [3.8, 4) is 5.75 Å². The molecule has 2 N–H and O–H groups in total. The maximum atomic E-state index is 12.4. The fourth-order valence-electron chi connectivity index (χ4n) is 2.62. The summed E-state index contributed by atoms with van der Waals surface area (Å²) in [6, 6.07) is 11.2. The molecule has 2 aromatic carbocycles. The lowest BCUT2D eigenvalue weighted by Crippen LogP contribution is -2.12. The van der Waals surface area contributed by atoms with Crippen LogP contribution in [0.25, 0.3) is 0 Å². The van der Waals surface area contributed by atoms with Gasteiger partial charge < -0.3 is 10.4 Å². The van der Waals surface area contributed by atoms with E-state index in [1.165, 1.54) is 37.7 Å². The van der Waals surface area contributed by atoms with Crippen LogP contribution in [0.3, 0.4) is 0 Å². The van der Waals surface area contributed by atoms with Gasteiger partial charge in [-0.25, -0.2) is 0 Å². The number of carbonyl (C=O) groups excluding carboxylic acids is 1. The van der Waals surface area contributed by atoms with Crippen molar-refractivity contribution >= 4 is 43.5 Å². The van der Waals surface area contributed by atoms with E-state index >= 15 is 0 Å². The highest BCUT2D eigenvalue weighted by Crippen LogP contribution is 2.32. The summed E-state index contributed by atoms with van der Waals surface area (Å²) in [5.74, 6) is -0.406. The highest BCUT2D eigenvalue weighted by molar-refractivity contribution is 9.11. The predicted molar refractivity (Wildman–Crippen MR) is 110 cm³/mol. The number of hydrogen-bond donors (Lipinski definition) is 2. The van der Waals surface area contributed by atoms with Crippen LogP contribution in [-0.4, -0.2) is 11.0 Å². The van der Waals surface area contributed by atoms with Gasteiger partial charge in [-0.05, 0) is 58.6 Å². The third-order valence-corrected chi connectivity index (χ3v) is 5.12. The first kappa shape index (κ1) is 20.0. The summed E-state index contributed by atoms with van der Waals surface area (Å²) in [5.41, 5.74) is 2.22. The number of amides is 1. The van der Waals surface area contributed by atoms with Gasteiger partial charge in [0, 0.05) is 10.2 Å². The molecule has 0 heterocycles. The average molecular weight is 469 g/mol. The first-order chi connectivity index (χ1) is 12.0. The third kappa shape index (κ3) is 6.15. The Balaban J connectivity index is 1.94. The van der Waals surface area contributed by atoms with Crippen molar-refractivity contribution in [3.63, 3.8) is 0 Å². The number of hydrogen-bond acceptors (Lipinski definition) is 2. The smallest absolute Gasteiger partial charge is 0.259 e. The topological polar surface area (TPSA) is 49.3 Å².